The molecule has 4 heteroatoms. The van der Waals surface area contributed by atoms with Crippen molar-refractivity contribution in [2.45, 2.75) is 20.1 Å². The highest BCUT2D eigenvalue weighted by Crippen LogP contribution is 2.11. The second-order valence-corrected chi connectivity index (χ2v) is 4.11. The van der Waals surface area contributed by atoms with E-state index in [1.807, 2.05) is 38.4 Å². The number of nitrogens with zero attached hydrogens (tertiary/aromatic N) is 2. The lowest BCUT2D eigenvalue weighted by atomic mass is 10.2. The fourth-order valence-corrected chi connectivity index (χ4v) is 1.55. The predicted molar refractivity (Wildman–Crippen MR) is 70.3 cm³/mol. The number of rotatable bonds is 5. The molecule has 0 saturated carbocycles. The van der Waals surface area contributed by atoms with Crippen molar-refractivity contribution < 1.29 is 4.74 Å². The van der Waals surface area contributed by atoms with E-state index in [1.165, 1.54) is 5.56 Å². The monoisotopic (exact) mass is 243 g/mol. The van der Waals surface area contributed by atoms with Crippen LogP contribution in [-0.4, -0.2) is 17.0 Å². The number of hydrogen-bond acceptors (Lipinski definition) is 4. The van der Waals surface area contributed by atoms with Crippen LogP contribution in [0.4, 0.5) is 0 Å². The van der Waals surface area contributed by atoms with Crippen molar-refractivity contribution in [2.75, 3.05) is 7.05 Å². The van der Waals surface area contributed by atoms with Crippen molar-refractivity contribution in [1.29, 1.82) is 0 Å². The quantitative estimate of drug-likeness (QED) is 0.873. The van der Waals surface area contributed by atoms with Gasteiger partial charge in [-0.05, 0) is 37.7 Å². The molecule has 0 bridgehead atoms. The summed E-state index contributed by atoms with van der Waals surface area (Å²) in [6, 6.07) is 7.88. The van der Waals surface area contributed by atoms with E-state index in [0.717, 1.165) is 23.7 Å². The Morgan fingerprint density at radius 1 is 1.11 bits per heavy atom. The number of aromatic nitrogens is 2. The van der Waals surface area contributed by atoms with Crippen molar-refractivity contribution in [3.63, 3.8) is 0 Å². The van der Waals surface area contributed by atoms with E-state index in [-0.39, 0.29) is 0 Å². The van der Waals surface area contributed by atoms with E-state index in [2.05, 4.69) is 21.4 Å². The van der Waals surface area contributed by atoms with Gasteiger partial charge in [-0.1, -0.05) is 6.07 Å². The minimum absolute atomic E-state index is 0.463. The van der Waals surface area contributed by atoms with Crippen molar-refractivity contribution in [1.82, 2.24) is 15.3 Å². The van der Waals surface area contributed by atoms with Crippen LogP contribution < -0.4 is 10.1 Å². The molecule has 0 fully saturated rings. The second kappa shape index (κ2) is 6.12. The maximum absolute atomic E-state index is 5.61. The van der Waals surface area contributed by atoms with Gasteiger partial charge in [0.1, 0.15) is 12.4 Å². The molecule has 2 rings (SSSR count). The Morgan fingerprint density at radius 2 is 2.00 bits per heavy atom. The lowest BCUT2D eigenvalue weighted by Crippen LogP contribution is -2.06. The van der Waals surface area contributed by atoms with Crippen molar-refractivity contribution in [3.05, 3.63) is 53.6 Å². The Kier molecular flexibility index (Phi) is 4.25. The van der Waals surface area contributed by atoms with Gasteiger partial charge in [-0.25, -0.2) is 0 Å². The first-order chi connectivity index (χ1) is 8.78. The first-order valence-electron chi connectivity index (χ1n) is 5.92. The highest BCUT2D eigenvalue weighted by atomic mass is 16.5. The molecule has 94 valence electrons. The van der Waals surface area contributed by atoms with Gasteiger partial charge < -0.3 is 10.1 Å². The first-order valence-corrected chi connectivity index (χ1v) is 5.92. The molecule has 0 aliphatic carbocycles. The van der Waals surface area contributed by atoms with Crippen molar-refractivity contribution in [2.24, 2.45) is 0 Å². The van der Waals surface area contributed by atoms with E-state index in [1.54, 1.807) is 6.20 Å². The summed E-state index contributed by atoms with van der Waals surface area (Å²) in [4.78, 5) is 8.52. The molecule has 2 aromatic heterocycles. The van der Waals surface area contributed by atoms with E-state index in [0.29, 0.717) is 6.61 Å². The standard InChI is InChI=1S/C14H17N3O/c1-11-3-6-14(9-16-11)18-10-13-5-4-12(7-15-2)8-17-13/h3-6,8-9,15H,7,10H2,1-2H3. The molecule has 2 aromatic rings. The maximum Gasteiger partial charge on any atom is 0.138 e. The van der Waals surface area contributed by atoms with Crippen LogP contribution in [0.15, 0.2) is 36.7 Å². The third-order valence-corrected chi connectivity index (χ3v) is 2.54. The van der Waals surface area contributed by atoms with Gasteiger partial charge in [0.15, 0.2) is 0 Å². The minimum Gasteiger partial charge on any atom is -0.486 e. The molecular weight excluding hydrogens is 226 g/mol. The first kappa shape index (κ1) is 12.5. The minimum atomic E-state index is 0.463. The van der Waals surface area contributed by atoms with E-state index < -0.39 is 0 Å². The number of aryl methyl sites for hydroxylation is 1. The topological polar surface area (TPSA) is 47.0 Å². The Labute approximate surface area is 107 Å². The zero-order valence-corrected chi connectivity index (χ0v) is 10.7. The Hall–Kier alpha value is -1.94. The van der Waals surface area contributed by atoms with Gasteiger partial charge in [-0.3, -0.25) is 9.97 Å². The maximum atomic E-state index is 5.61. The normalized spacial score (nSPS) is 10.3. The molecule has 18 heavy (non-hydrogen) atoms. The van der Waals surface area contributed by atoms with Gasteiger partial charge in [0, 0.05) is 18.4 Å². The van der Waals surface area contributed by atoms with Gasteiger partial charge in [0.2, 0.25) is 0 Å². The summed E-state index contributed by atoms with van der Waals surface area (Å²) in [6.07, 6.45) is 3.59. The van der Waals surface area contributed by atoms with E-state index in [4.69, 9.17) is 4.74 Å². The Morgan fingerprint density at radius 3 is 2.61 bits per heavy atom. The summed E-state index contributed by atoms with van der Waals surface area (Å²) >= 11 is 0. The van der Waals surface area contributed by atoms with Gasteiger partial charge in [0.25, 0.3) is 0 Å². The molecule has 0 amide bonds. The fraction of sp³-hybridized carbons (Fsp3) is 0.286. The average Bonchev–Trinajstić information content (AvgIpc) is 2.40. The molecule has 0 atom stereocenters. The van der Waals surface area contributed by atoms with Crippen LogP contribution in [0, 0.1) is 6.92 Å². The molecular formula is C14H17N3O. The smallest absolute Gasteiger partial charge is 0.138 e. The lowest BCUT2D eigenvalue weighted by Gasteiger charge is -2.06. The summed E-state index contributed by atoms with van der Waals surface area (Å²) in [5, 5.41) is 3.09. The third kappa shape index (κ3) is 3.53. The molecule has 2 heterocycles. The Bertz CT molecular complexity index is 479. The molecule has 0 aromatic carbocycles. The zero-order valence-electron chi connectivity index (χ0n) is 10.7. The number of nitrogens with one attached hydrogen (secondary N) is 1. The largest absolute Gasteiger partial charge is 0.486 e. The van der Waals surface area contributed by atoms with Crippen LogP contribution in [0.5, 0.6) is 5.75 Å². The van der Waals surface area contributed by atoms with Crippen LogP contribution in [-0.2, 0) is 13.2 Å². The third-order valence-electron chi connectivity index (χ3n) is 2.54. The molecule has 0 saturated heterocycles. The average molecular weight is 243 g/mol. The van der Waals surface area contributed by atoms with Crippen LogP contribution in [0.25, 0.3) is 0 Å². The summed E-state index contributed by atoms with van der Waals surface area (Å²) in [5.41, 5.74) is 3.06. The van der Waals surface area contributed by atoms with Crippen LogP contribution >= 0.6 is 0 Å². The molecule has 4 nitrogen and oxygen atoms in total. The summed E-state index contributed by atoms with van der Waals surface area (Å²) in [5.74, 6) is 0.765. The summed E-state index contributed by atoms with van der Waals surface area (Å²) in [6.45, 7) is 3.24. The van der Waals surface area contributed by atoms with Gasteiger partial charge >= 0.3 is 0 Å². The van der Waals surface area contributed by atoms with Crippen LogP contribution in [0.2, 0.25) is 0 Å². The Balaban J connectivity index is 1.91. The van der Waals surface area contributed by atoms with E-state index in [9.17, 15) is 0 Å². The zero-order chi connectivity index (χ0) is 12.8. The molecule has 0 spiro atoms. The second-order valence-electron chi connectivity index (χ2n) is 4.11. The van der Waals surface area contributed by atoms with Gasteiger partial charge in [-0.15, -0.1) is 0 Å². The predicted octanol–water partition coefficient (Wildman–Crippen LogP) is 2.08. The van der Waals surface area contributed by atoms with Crippen LogP contribution in [0.1, 0.15) is 17.0 Å². The van der Waals surface area contributed by atoms with E-state index >= 15 is 0 Å². The molecule has 0 unspecified atom stereocenters. The molecule has 0 radical (unpaired) electrons. The van der Waals surface area contributed by atoms with Crippen molar-refractivity contribution in [3.8, 4) is 5.75 Å². The number of pyridine rings is 2. The molecule has 1 N–H and O–H groups in total. The lowest BCUT2D eigenvalue weighted by molar-refractivity contribution is 0.300. The molecule has 0 aliphatic rings. The molecule has 0 aliphatic heterocycles. The van der Waals surface area contributed by atoms with Crippen molar-refractivity contribution >= 4 is 0 Å². The fourth-order valence-electron chi connectivity index (χ4n) is 1.55. The van der Waals surface area contributed by atoms with Crippen LogP contribution in [0.3, 0.4) is 0 Å². The summed E-state index contributed by atoms with van der Waals surface area (Å²) < 4.78 is 5.61. The van der Waals surface area contributed by atoms with Gasteiger partial charge in [0.05, 0.1) is 11.9 Å². The number of ether oxygens (including phenoxy) is 1. The summed E-state index contributed by atoms with van der Waals surface area (Å²) in [7, 11) is 1.92. The highest BCUT2D eigenvalue weighted by molar-refractivity contribution is 5.20. The van der Waals surface area contributed by atoms with Gasteiger partial charge in [-0.2, -0.15) is 0 Å². The SMILES string of the molecule is CNCc1ccc(COc2ccc(C)nc2)nc1. The number of hydrogen-bond donors (Lipinski definition) is 1. The highest BCUT2D eigenvalue weighted by Gasteiger charge is 1.98.